The lowest BCUT2D eigenvalue weighted by atomic mass is 10.2. The van der Waals surface area contributed by atoms with Crippen molar-refractivity contribution in [1.29, 1.82) is 0 Å². The van der Waals surface area contributed by atoms with Crippen LogP contribution in [0.1, 0.15) is 12.5 Å². The molecule has 15 heavy (non-hydrogen) atoms. The number of halogens is 1. The Morgan fingerprint density at radius 3 is 2.73 bits per heavy atom. The highest BCUT2D eigenvalue weighted by Crippen LogP contribution is 2.21. The van der Waals surface area contributed by atoms with Crippen molar-refractivity contribution in [3.8, 4) is 0 Å². The molecule has 0 saturated carbocycles. The smallest absolute Gasteiger partial charge is 0.0584 e. The van der Waals surface area contributed by atoms with E-state index in [0.29, 0.717) is 0 Å². The van der Waals surface area contributed by atoms with E-state index in [2.05, 4.69) is 20.8 Å². The molecule has 1 atom stereocenters. The minimum atomic E-state index is 0.162. The molecule has 0 bridgehead atoms. The lowest BCUT2D eigenvalue weighted by Gasteiger charge is -2.22. The molecule has 1 rings (SSSR count). The Morgan fingerprint density at radius 1 is 1.53 bits per heavy atom. The van der Waals surface area contributed by atoms with Gasteiger partial charge in [0.15, 0.2) is 0 Å². The minimum Gasteiger partial charge on any atom is -0.398 e. The van der Waals surface area contributed by atoms with E-state index in [-0.39, 0.29) is 12.6 Å². The van der Waals surface area contributed by atoms with Crippen molar-refractivity contribution in [2.24, 2.45) is 0 Å². The van der Waals surface area contributed by atoms with E-state index in [1.165, 1.54) is 0 Å². The van der Waals surface area contributed by atoms with Crippen LogP contribution in [0.25, 0.3) is 0 Å². The highest BCUT2D eigenvalue weighted by atomic mass is 79.9. The first-order valence-electron chi connectivity index (χ1n) is 4.89. The van der Waals surface area contributed by atoms with E-state index in [4.69, 9.17) is 10.8 Å². The Kier molecular flexibility index (Phi) is 4.57. The van der Waals surface area contributed by atoms with Crippen molar-refractivity contribution in [3.63, 3.8) is 0 Å². The molecule has 1 aromatic carbocycles. The van der Waals surface area contributed by atoms with Crippen molar-refractivity contribution in [3.05, 3.63) is 28.2 Å². The molecule has 0 spiro atoms. The number of rotatable bonds is 4. The zero-order valence-corrected chi connectivity index (χ0v) is 10.7. The fourth-order valence-electron chi connectivity index (χ4n) is 1.27. The van der Waals surface area contributed by atoms with Crippen molar-refractivity contribution >= 4 is 21.6 Å². The second kappa shape index (κ2) is 5.49. The lowest BCUT2D eigenvalue weighted by Crippen LogP contribution is -2.31. The molecule has 0 aromatic heterocycles. The third-order valence-corrected chi connectivity index (χ3v) is 3.23. The van der Waals surface area contributed by atoms with Gasteiger partial charge in [0.2, 0.25) is 0 Å². The molecule has 0 aliphatic heterocycles. The van der Waals surface area contributed by atoms with Gasteiger partial charge in [-0.2, -0.15) is 0 Å². The maximum Gasteiger partial charge on any atom is 0.0584 e. The molecule has 0 aliphatic rings. The van der Waals surface area contributed by atoms with Crippen LogP contribution in [0, 0.1) is 0 Å². The fourth-order valence-corrected chi connectivity index (χ4v) is 1.52. The van der Waals surface area contributed by atoms with Gasteiger partial charge in [0.05, 0.1) is 6.61 Å². The Bertz CT molecular complexity index is 330. The minimum absolute atomic E-state index is 0.162. The van der Waals surface area contributed by atoms with Crippen LogP contribution in [0.2, 0.25) is 0 Å². The normalized spacial score (nSPS) is 13.1. The highest BCUT2D eigenvalue weighted by Gasteiger charge is 2.08. The number of aliphatic hydroxyl groups is 1. The standard InChI is InChI=1S/C11H17BrN2O/c1-8(7-15)14(2)6-9-3-4-10(12)11(13)5-9/h3-5,8,15H,6-7,13H2,1-2H3. The quantitative estimate of drug-likeness (QED) is 0.823. The Labute approximate surface area is 99.0 Å². The van der Waals surface area contributed by atoms with Crippen LogP contribution in [0.4, 0.5) is 5.69 Å². The van der Waals surface area contributed by atoms with Gasteiger partial charge in [0.25, 0.3) is 0 Å². The van der Waals surface area contributed by atoms with Gasteiger partial charge in [0.1, 0.15) is 0 Å². The molecule has 0 amide bonds. The molecule has 1 unspecified atom stereocenters. The van der Waals surface area contributed by atoms with Gasteiger partial charge in [0, 0.05) is 22.7 Å². The van der Waals surface area contributed by atoms with E-state index in [1.54, 1.807) is 0 Å². The summed E-state index contributed by atoms with van der Waals surface area (Å²) in [4.78, 5) is 2.09. The lowest BCUT2D eigenvalue weighted by molar-refractivity contribution is 0.154. The summed E-state index contributed by atoms with van der Waals surface area (Å²) in [5.41, 5.74) is 7.69. The monoisotopic (exact) mass is 272 g/mol. The van der Waals surface area contributed by atoms with E-state index in [0.717, 1.165) is 22.3 Å². The van der Waals surface area contributed by atoms with Gasteiger partial charge in [-0.25, -0.2) is 0 Å². The van der Waals surface area contributed by atoms with E-state index in [9.17, 15) is 0 Å². The zero-order chi connectivity index (χ0) is 11.4. The molecule has 3 N–H and O–H groups in total. The molecule has 0 fully saturated rings. The molecule has 0 aliphatic carbocycles. The van der Waals surface area contributed by atoms with Crippen molar-refractivity contribution in [2.75, 3.05) is 19.4 Å². The first-order valence-corrected chi connectivity index (χ1v) is 5.69. The largest absolute Gasteiger partial charge is 0.398 e. The molecule has 0 heterocycles. The molecular formula is C11H17BrN2O. The Hall–Kier alpha value is -0.580. The molecule has 84 valence electrons. The van der Waals surface area contributed by atoms with Crippen LogP contribution in [-0.4, -0.2) is 29.7 Å². The topological polar surface area (TPSA) is 49.5 Å². The van der Waals surface area contributed by atoms with Crippen molar-refractivity contribution in [1.82, 2.24) is 4.90 Å². The van der Waals surface area contributed by atoms with Crippen LogP contribution in [0.5, 0.6) is 0 Å². The Balaban J connectivity index is 2.68. The van der Waals surface area contributed by atoms with Crippen LogP contribution in [0.3, 0.4) is 0 Å². The van der Waals surface area contributed by atoms with Gasteiger partial charge in [-0.3, -0.25) is 4.90 Å². The zero-order valence-electron chi connectivity index (χ0n) is 9.07. The molecule has 4 heteroatoms. The van der Waals surface area contributed by atoms with Gasteiger partial charge in [-0.15, -0.1) is 0 Å². The number of aliphatic hydroxyl groups excluding tert-OH is 1. The number of nitrogens with zero attached hydrogens (tertiary/aromatic N) is 1. The van der Waals surface area contributed by atoms with Gasteiger partial charge < -0.3 is 10.8 Å². The van der Waals surface area contributed by atoms with E-state index in [1.807, 2.05) is 32.2 Å². The van der Waals surface area contributed by atoms with E-state index >= 15 is 0 Å². The number of nitrogen functional groups attached to an aromatic ring is 1. The SMILES string of the molecule is CC(CO)N(C)Cc1ccc(Br)c(N)c1. The van der Waals surface area contributed by atoms with Crippen molar-refractivity contribution in [2.45, 2.75) is 19.5 Å². The summed E-state index contributed by atoms with van der Waals surface area (Å²) in [6.07, 6.45) is 0. The van der Waals surface area contributed by atoms with Crippen LogP contribution in [0.15, 0.2) is 22.7 Å². The summed E-state index contributed by atoms with van der Waals surface area (Å²) in [5, 5.41) is 9.01. The number of likely N-dealkylation sites (N-methyl/N-ethyl adjacent to an activating group) is 1. The van der Waals surface area contributed by atoms with Crippen LogP contribution >= 0.6 is 15.9 Å². The second-order valence-corrected chi connectivity index (χ2v) is 4.66. The molecule has 1 aromatic rings. The number of benzene rings is 1. The summed E-state index contributed by atoms with van der Waals surface area (Å²) >= 11 is 3.36. The summed E-state index contributed by atoms with van der Waals surface area (Å²) in [6.45, 7) is 2.95. The average Bonchev–Trinajstić information content (AvgIpc) is 2.22. The predicted molar refractivity (Wildman–Crippen MR) is 66.6 cm³/mol. The fraction of sp³-hybridized carbons (Fsp3) is 0.455. The molecule has 3 nitrogen and oxygen atoms in total. The van der Waals surface area contributed by atoms with Gasteiger partial charge in [-0.05, 0) is 47.6 Å². The summed E-state index contributed by atoms with van der Waals surface area (Å²) < 4.78 is 0.920. The van der Waals surface area contributed by atoms with Gasteiger partial charge in [-0.1, -0.05) is 6.07 Å². The maximum absolute atomic E-state index is 9.01. The third-order valence-electron chi connectivity index (χ3n) is 2.51. The van der Waals surface area contributed by atoms with Crippen LogP contribution < -0.4 is 5.73 Å². The van der Waals surface area contributed by atoms with E-state index < -0.39 is 0 Å². The highest BCUT2D eigenvalue weighted by molar-refractivity contribution is 9.10. The second-order valence-electron chi connectivity index (χ2n) is 3.80. The maximum atomic E-state index is 9.01. The number of nitrogens with two attached hydrogens (primary N) is 1. The molecule has 0 saturated heterocycles. The van der Waals surface area contributed by atoms with Crippen LogP contribution in [-0.2, 0) is 6.54 Å². The first kappa shape index (κ1) is 12.5. The summed E-state index contributed by atoms with van der Waals surface area (Å²) in [6, 6.07) is 6.09. The molecule has 0 radical (unpaired) electrons. The summed E-state index contributed by atoms with van der Waals surface area (Å²) in [5.74, 6) is 0. The predicted octanol–water partition coefficient (Wildman–Crippen LogP) is 1.84. The summed E-state index contributed by atoms with van der Waals surface area (Å²) in [7, 11) is 1.99. The first-order chi connectivity index (χ1) is 7.04. The average molecular weight is 273 g/mol. The number of hydrogen-bond donors (Lipinski definition) is 2. The van der Waals surface area contributed by atoms with Gasteiger partial charge >= 0.3 is 0 Å². The van der Waals surface area contributed by atoms with Crippen molar-refractivity contribution < 1.29 is 5.11 Å². The third kappa shape index (κ3) is 3.48. The number of hydrogen-bond acceptors (Lipinski definition) is 3. The Morgan fingerprint density at radius 2 is 2.20 bits per heavy atom. The molecular weight excluding hydrogens is 256 g/mol. The number of anilines is 1.